The molecule has 2 aromatic heterocycles. The number of hydrogen-bond acceptors (Lipinski definition) is 5. The highest BCUT2D eigenvalue weighted by molar-refractivity contribution is 5.84. The fourth-order valence-corrected chi connectivity index (χ4v) is 5.61. The van der Waals surface area contributed by atoms with Crippen molar-refractivity contribution in [1.82, 2.24) is 14.9 Å². The second-order valence-corrected chi connectivity index (χ2v) is 10.1. The van der Waals surface area contributed by atoms with Gasteiger partial charge in [-0.25, -0.2) is 14.6 Å². The van der Waals surface area contributed by atoms with Crippen LogP contribution in [-0.2, 0) is 22.5 Å². The largest absolute Gasteiger partial charge is 0.497 e. The first kappa shape index (κ1) is 26.1. The Labute approximate surface area is 237 Å². The molecule has 1 atom stereocenters. The lowest BCUT2D eigenvalue weighted by atomic mass is 9.98. The lowest BCUT2D eigenvalue weighted by Crippen LogP contribution is -2.42. The third-order valence-electron chi connectivity index (χ3n) is 7.59. The lowest BCUT2D eigenvalue weighted by Gasteiger charge is -2.17. The summed E-state index contributed by atoms with van der Waals surface area (Å²) in [6.07, 6.45) is 2.92. The highest BCUT2D eigenvalue weighted by Gasteiger charge is 2.30. The van der Waals surface area contributed by atoms with Gasteiger partial charge in [0.15, 0.2) is 0 Å². The van der Waals surface area contributed by atoms with Crippen molar-refractivity contribution in [3.05, 3.63) is 120 Å². The third-order valence-corrected chi connectivity index (χ3v) is 7.59. The molecule has 0 spiro atoms. The maximum Gasteiger partial charge on any atom is 0.407 e. The molecule has 1 aliphatic rings. The van der Waals surface area contributed by atoms with Crippen molar-refractivity contribution < 1.29 is 24.2 Å². The van der Waals surface area contributed by atoms with Crippen LogP contribution in [0.5, 0.6) is 5.75 Å². The minimum Gasteiger partial charge on any atom is -0.497 e. The molecule has 0 bridgehead atoms. The predicted molar refractivity (Wildman–Crippen MR) is 155 cm³/mol. The summed E-state index contributed by atoms with van der Waals surface area (Å²) in [6, 6.07) is 26.4. The summed E-state index contributed by atoms with van der Waals surface area (Å²) in [5.41, 5.74) is 6.99. The normalized spacial score (nSPS) is 12.9. The Kier molecular flexibility index (Phi) is 7.12. The van der Waals surface area contributed by atoms with E-state index in [4.69, 9.17) is 9.47 Å². The van der Waals surface area contributed by atoms with Gasteiger partial charge in [0.05, 0.1) is 7.11 Å². The van der Waals surface area contributed by atoms with Crippen LogP contribution >= 0.6 is 0 Å². The fraction of sp³-hybridized carbons (Fsp3) is 0.182. The fourth-order valence-electron chi connectivity index (χ4n) is 5.61. The van der Waals surface area contributed by atoms with E-state index in [1.807, 2.05) is 83.6 Å². The van der Waals surface area contributed by atoms with Crippen LogP contribution in [0.2, 0.25) is 0 Å². The van der Waals surface area contributed by atoms with Gasteiger partial charge in [0.2, 0.25) is 0 Å². The number of ether oxygens (including phenoxy) is 2. The van der Waals surface area contributed by atoms with Crippen molar-refractivity contribution in [2.45, 2.75) is 24.9 Å². The third kappa shape index (κ3) is 5.24. The molecule has 2 N–H and O–H groups in total. The average molecular weight is 548 g/mol. The van der Waals surface area contributed by atoms with Crippen LogP contribution in [-0.4, -0.2) is 46.5 Å². The molecule has 0 fully saturated rings. The number of carbonyl (C=O) groups excluding carboxylic acids is 1. The summed E-state index contributed by atoms with van der Waals surface area (Å²) in [4.78, 5) is 29.6. The van der Waals surface area contributed by atoms with E-state index in [9.17, 15) is 14.7 Å². The van der Waals surface area contributed by atoms with Crippen molar-refractivity contribution in [3.63, 3.8) is 0 Å². The zero-order valence-electron chi connectivity index (χ0n) is 22.5. The Bertz CT molecular complexity index is 1680. The standard InChI is InChI=1S/C33H29N3O5/c1-40-23-14-12-21(13-15-23)18-36-19-22(24-11-6-16-34-31(24)36)17-30(32(37)38)35-33(39)41-20-29-27-9-4-2-7-25(27)26-8-3-5-10-28(26)29/h2-16,19,29-30H,17-18,20H2,1H3,(H,35,39)(H,37,38)/t30-/m0/s1. The minimum absolute atomic E-state index is 0.0807. The van der Waals surface area contributed by atoms with Gasteiger partial charge in [0, 0.05) is 36.7 Å². The number of benzene rings is 3. The molecule has 41 heavy (non-hydrogen) atoms. The number of fused-ring (bicyclic) bond motifs is 4. The number of carboxylic acid groups (broad SMARTS) is 1. The van der Waals surface area contributed by atoms with E-state index in [0.29, 0.717) is 6.54 Å². The molecule has 2 heterocycles. The van der Waals surface area contributed by atoms with Gasteiger partial charge in [-0.3, -0.25) is 0 Å². The number of aromatic nitrogens is 2. The van der Waals surface area contributed by atoms with E-state index in [1.165, 1.54) is 0 Å². The number of nitrogens with one attached hydrogen (secondary N) is 1. The van der Waals surface area contributed by atoms with Gasteiger partial charge < -0.3 is 24.5 Å². The smallest absolute Gasteiger partial charge is 0.407 e. The van der Waals surface area contributed by atoms with Crippen molar-refractivity contribution in [1.29, 1.82) is 0 Å². The van der Waals surface area contributed by atoms with Crippen molar-refractivity contribution in [3.8, 4) is 16.9 Å². The molecule has 5 aromatic rings. The van der Waals surface area contributed by atoms with Crippen molar-refractivity contribution >= 4 is 23.1 Å². The SMILES string of the molecule is COc1ccc(Cn2cc(C[C@H](NC(=O)OCC3c4ccccc4-c4ccccc43)C(=O)O)c3cccnc32)cc1. The topological polar surface area (TPSA) is 103 Å². The van der Waals surface area contributed by atoms with Crippen LogP contribution in [0.15, 0.2) is 97.3 Å². The van der Waals surface area contributed by atoms with Crippen LogP contribution in [0.3, 0.4) is 0 Å². The van der Waals surface area contributed by atoms with Gasteiger partial charge in [0.25, 0.3) is 0 Å². The maximum absolute atomic E-state index is 12.9. The van der Waals surface area contributed by atoms with Crippen molar-refractivity contribution in [2.24, 2.45) is 0 Å². The molecular formula is C33H29N3O5. The molecule has 0 saturated heterocycles. The Balaban J connectivity index is 1.17. The Morgan fingerprint density at radius 2 is 1.63 bits per heavy atom. The number of rotatable bonds is 9. The van der Waals surface area contributed by atoms with E-state index in [2.05, 4.69) is 22.4 Å². The molecule has 1 amide bonds. The summed E-state index contributed by atoms with van der Waals surface area (Å²) >= 11 is 0. The number of pyridine rings is 1. The number of carbonyl (C=O) groups is 2. The number of methoxy groups -OCH3 is 1. The molecule has 8 heteroatoms. The number of aliphatic carboxylic acids is 1. The number of nitrogens with zero attached hydrogens (tertiary/aromatic N) is 2. The zero-order valence-corrected chi connectivity index (χ0v) is 22.5. The second kappa shape index (κ2) is 11.2. The quantitative estimate of drug-likeness (QED) is 0.248. The summed E-state index contributed by atoms with van der Waals surface area (Å²) in [6.45, 7) is 0.659. The monoisotopic (exact) mass is 547 g/mol. The molecule has 0 saturated carbocycles. The first-order chi connectivity index (χ1) is 20.0. The van der Waals surface area contributed by atoms with E-state index in [1.54, 1.807) is 13.3 Å². The van der Waals surface area contributed by atoms with Crippen molar-refractivity contribution in [2.75, 3.05) is 13.7 Å². The van der Waals surface area contributed by atoms with E-state index >= 15 is 0 Å². The predicted octanol–water partition coefficient (Wildman–Crippen LogP) is 5.63. The van der Waals surface area contributed by atoms with Gasteiger partial charge in [-0.15, -0.1) is 0 Å². The minimum atomic E-state index is -1.18. The maximum atomic E-state index is 12.9. The Morgan fingerprint density at radius 3 is 2.29 bits per heavy atom. The molecule has 8 nitrogen and oxygen atoms in total. The van der Waals surface area contributed by atoms with E-state index in [-0.39, 0.29) is 18.9 Å². The zero-order chi connectivity index (χ0) is 28.3. The van der Waals surface area contributed by atoms with Gasteiger partial charge in [-0.1, -0.05) is 60.7 Å². The molecule has 206 valence electrons. The molecule has 3 aromatic carbocycles. The molecule has 0 unspecified atom stereocenters. The Morgan fingerprint density at radius 1 is 0.951 bits per heavy atom. The van der Waals surface area contributed by atoms with Crippen LogP contribution in [0.4, 0.5) is 4.79 Å². The van der Waals surface area contributed by atoms with Gasteiger partial charge in [-0.2, -0.15) is 0 Å². The van der Waals surface area contributed by atoms with Gasteiger partial charge >= 0.3 is 12.1 Å². The summed E-state index contributed by atoms with van der Waals surface area (Å²) in [5, 5.41) is 13.4. The first-order valence-electron chi connectivity index (χ1n) is 13.4. The molecule has 6 rings (SSSR count). The summed E-state index contributed by atoms with van der Waals surface area (Å²) in [7, 11) is 1.63. The van der Waals surface area contributed by atoms with Gasteiger partial charge in [-0.05, 0) is 57.6 Å². The average Bonchev–Trinajstić information content (AvgIpc) is 3.51. The number of hydrogen-bond donors (Lipinski definition) is 2. The Hall–Kier alpha value is -5.11. The number of alkyl carbamates (subject to hydrolysis) is 1. The summed E-state index contributed by atoms with van der Waals surface area (Å²) in [5.74, 6) is -0.481. The van der Waals surface area contributed by atoms with Crippen LogP contribution < -0.4 is 10.1 Å². The summed E-state index contributed by atoms with van der Waals surface area (Å²) < 4.78 is 12.8. The molecular weight excluding hydrogens is 518 g/mol. The molecule has 0 aliphatic heterocycles. The first-order valence-corrected chi connectivity index (χ1v) is 13.4. The van der Waals surface area contributed by atoms with E-state index in [0.717, 1.165) is 50.2 Å². The van der Waals surface area contributed by atoms with E-state index < -0.39 is 18.1 Å². The van der Waals surface area contributed by atoms with Gasteiger partial charge in [0.1, 0.15) is 24.0 Å². The number of carboxylic acids is 1. The molecule has 0 radical (unpaired) electrons. The van der Waals surface area contributed by atoms with Crippen LogP contribution in [0.25, 0.3) is 22.2 Å². The molecule has 1 aliphatic carbocycles. The highest BCUT2D eigenvalue weighted by atomic mass is 16.5. The number of amides is 1. The highest BCUT2D eigenvalue weighted by Crippen LogP contribution is 2.44. The van der Waals surface area contributed by atoms with Crippen LogP contribution in [0, 0.1) is 0 Å². The van der Waals surface area contributed by atoms with Crippen LogP contribution in [0.1, 0.15) is 28.2 Å². The second-order valence-electron chi connectivity index (χ2n) is 10.1. The lowest BCUT2D eigenvalue weighted by molar-refractivity contribution is -0.139.